The number of nitrogens with zero attached hydrogens (tertiary/aromatic N) is 3. The van der Waals surface area contributed by atoms with E-state index in [0.29, 0.717) is 5.89 Å². The van der Waals surface area contributed by atoms with Gasteiger partial charge in [-0.2, -0.15) is 0 Å². The minimum Gasteiger partial charge on any atom is -0.436 e. The first-order valence-electron chi connectivity index (χ1n) is 17.9. The van der Waals surface area contributed by atoms with Crippen molar-refractivity contribution in [1.82, 2.24) is 4.98 Å². The normalized spacial score (nSPS) is 12.1. The molecule has 0 saturated carbocycles. The van der Waals surface area contributed by atoms with Gasteiger partial charge in [-0.25, -0.2) is 4.98 Å². The van der Waals surface area contributed by atoms with Gasteiger partial charge in [-0.05, 0) is 106 Å². The maximum absolute atomic E-state index is 6.05. The molecule has 10 rings (SSSR count). The molecule has 4 heteroatoms. The van der Waals surface area contributed by atoms with Gasteiger partial charge in [0, 0.05) is 16.9 Å². The molecule has 0 unspecified atom stereocenters. The molecule has 0 spiro atoms. The summed E-state index contributed by atoms with van der Waals surface area (Å²) in [5.41, 5.74) is 16.4. The van der Waals surface area contributed by atoms with Crippen LogP contribution in [0.25, 0.3) is 55.9 Å². The number of hydrogen-bond acceptors (Lipinski definition) is 4. The average molecular weight is 680 g/mol. The van der Waals surface area contributed by atoms with Crippen LogP contribution in [-0.4, -0.2) is 4.98 Å². The third-order valence-corrected chi connectivity index (χ3v) is 10.1. The number of rotatable bonds is 6. The number of hydrogen-bond donors (Lipinski definition) is 0. The molecule has 53 heavy (non-hydrogen) atoms. The Morgan fingerprint density at radius 2 is 0.717 bits per heavy atom. The van der Waals surface area contributed by atoms with E-state index in [-0.39, 0.29) is 0 Å². The highest BCUT2D eigenvalue weighted by atomic mass is 16.3. The van der Waals surface area contributed by atoms with Crippen molar-refractivity contribution in [2.45, 2.75) is 0 Å². The lowest BCUT2D eigenvalue weighted by atomic mass is 9.89. The number of para-hydroxylation sites is 7. The van der Waals surface area contributed by atoms with Gasteiger partial charge in [0.25, 0.3) is 0 Å². The summed E-state index contributed by atoms with van der Waals surface area (Å²) in [6.45, 7) is 0. The maximum atomic E-state index is 6.05. The van der Waals surface area contributed by atoms with Gasteiger partial charge in [-0.1, -0.05) is 127 Å². The number of benzene rings is 8. The highest BCUT2D eigenvalue weighted by molar-refractivity contribution is 6.01. The fourth-order valence-electron chi connectivity index (χ4n) is 7.60. The summed E-state index contributed by atoms with van der Waals surface area (Å²) < 4.78 is 6.05. The number of aromatic nitrogens is 1. The van der Waals surface area contributed by atoms with E-state index in [4.69, 9.17) is 9.40 Å². The van der Waals surface area contributed by atoms with E-state index in [1.165, 1.54) is 22.3 Å². The van der Waals surface area contributed by atoms with Crippen molar-refractivity contribution in [1.29, 1.82) is 0 Å². The molecule has 9 aromatic rings. The molecule has 0 fully saturated rings. The van der Waals surface area contributed by atoms with Gasteiger partial charge in [0.1, 0.15) is 5.52 Å². The van der Waals surface area contributed by atoms with Crippen LogP contribution in [0.2, 0.25) is 0 Å². The van der Waals surface area contributed by atoms with Crippen LogP contribution in [0.15, 0.2) is 205 Å². The maximum Gasteiger partial charge on any atom is 0.227 e. The van der Waals surface area contributed by atoms with Crippen LogP contribution in [0, 0.1) is 0 Å². The third-order valence-electron chi connectivity index (χ3n) is 10.1. The largest absolute Gasteiger partial charge is 0.436 e. The van der Waals surface area contributed by atoms with Gasteiger partial charge in [0.2, 0.25) is 5.89 Å². The summed E-state index contributed by atoms with van der Waals surface area (Å²) in [4.78, 5) is 9.43. The van der Waals surface area contributed by atoms with Crippen LogP contribution in [0.4, 0.5) is 34.1 Å². The van der Waals surface area contributed by atoms with E-state index < -0.39 is 0 Å². The quantitative estimate of drug-likeness (QED) is 0.175. The lowest BCUT2D eigenvalue weighted by Crippen LogP contribution is -2.23. The Labute approximate surface area is 308 Å². The van der Waals surface area contributed by atoms with Gasteiger partial charge in [-0.3, -0.25) is 0 Å². The van der Waals surface area contributed by atoms with Crippen LogP contribution in [0.3, 0.4) is 0 Å². The highest BCUT2D eigenvalue weighted by Crippen LogP contribution is 2.54. The van der Waals surface area contributed by atoms with E-state index in [9.17, 15) is 0 Å². The molecule has 0 amide bonds. The Morgan fingerprint density at radius 1 is 0.321 bits per heavy atom. The monoisotopic (exact) mass is 679 g/mol. The Morgan fingerprint density at radius 3 is 1.25 bits per heavy atom. The second-order valence-corrected chi connectivity index (χ2v) is 13.2. The van der Waals surface area contributed by atoms with Crippen molar-refractivity contribution in [2.75, 3.05) is 9.80 Å². The van der Waals surface area contributed by atoms with E-state index >= 15 is 0 Å². The molecule has 1 aromatic heterocycles. The molecule has 8 aromatic carbocycles. The fraction of sp³-hybridized carbons (Fsp3) is 0. The zero-order chi connectivity index (χ0) is 35.1. The van der Waals surface area contributed by atoms with E-state index in [1.807, 2.05) is 24.3 Å². The molecule has 0 saturated heterocycles. The van der Waals surface area contributed by atoms with Crippen molar-refractivity contribution in [2.24, 2.45) is 0 Å². The van der Waals surface area contributed by atoms with Crippen LogP contribution in [-0.2, 0) is 0 Å². The lowest BCUT2D eigenvalue weighted by molar-refractivity contribution is 0.620. The minimum atomic E-state index is 0.630. The van der Waals surface area contributed by atoms with Gasteiger partial charge in [-0.15, -0.1) is 0 Å². The van der Waals surface area contributed by atoms with Crippen LogP contribution >= 0.6 is 0 Å². The molecule has 1 aliphatic heterocycles. The smallest absolute Gasteiger partial charge is 0.227 e. The molecular formula is C49H33N3O. The Bertz CT molecular complexity index is 2650. The Kier molecular flexibility index (Phi) is 7.43. The first kappa shape index (κ1) is 30.6. The van der Waals surface area contributed by atoms with Gasteiger partial charge in [0.15, 0.2) is 5.58 Å². The highest BCUT2D eigenvalue weighted by Gasteiger charge is 2.30. The number of fused-ring (bicyclic) bond motifs is 3. The third kappa shape index (κ3) is 5.36. The van der Waals surface area contributed by atoms with Crippen molar-refractivity contribution in [3.63, 3.8) is 0 Å². The van der Waals surface area contributed by atoms with Crippen LogP contribution < -0.4 is 9.80 Å². The Hall–Kier alpha value is -7.17. The molecule has 0 atom stereocenters. The summed E-state index contributed by atoms with van der Waals surface area (Å²) in [6.07, 6.45) is 0. The van der Waals surface area contributed by atoms with E-state index in [1.54, 1.807) is 0 Å². The molecule has 0 N–H and O–H groups in total. The summed E-state index contributed by atoms with van der Waals surface area (Å²) >= 11 is 0. The predicted octanol–water partition coefficient (Wildman–Crippen LogP) is 13.7. The molecule has 4 nitrogen and oxygen atoms in total. The average Bonchev–Trinajstić information content (AvgIpc) is 3.68. The van der Waals surface area contributed by atoms with Gasteiger partial charge >= 0.3 is 0 Å². The summed E-state index contributed by atoms with van der Waals surface area (Å²) in [7, 11) is 0. The zero-order valence-electron chi connectivity index (χ0n) is 28.8. The van der Waals surface area contributed by atoms with Gasteiger partial charge < -0.3 is 14.2 Å². The van der Waals surface area contributed by atoms with Crippen LogP contribution in [0.5, 0.6) is 0 Å². The first-order valence-corrected chi connectivity index (χ1v) is 17.9. The SMILES string of the molecule is c1ccc(N2c3ccccc3N(c3ccc(-c4ccccc4-c4ccccc4-c4ccc(-c5nc6ccccc6o5)cc4)cc3)c3ccccc32)cc1. The molecule has 0 radical (unpaired) electrons. The lowest BCUT2D eigenvalue weighted by Gasteiger charge is -2.40. The summed E-state index contributed by atoms with van der Waals surface area (Å²) in [5.74, 6) is 0.630. The summed E-state index contributed by atoms with van der Waals surface area (Å²) in [5, 5.41) is 0. The van der Waals surface area contributed by atoms with Crippen LogP contribution in [0.1, 0.15) is 0 Å². The molecule has 0 bridgehead atoms. The molecule has 0 aliphatic carbocycles. The second kappa shape index (κ2) is 12.9. The van der Waals surface area contributed by atoms with E-state index in [0.717, 1.165) is 61.9 Å². The molecular weight excluding hydrogens is 647 g/mol. The Balaban J connectivity index is 1.01. The minimum absolute atomic E-state index is 0.630. The van der Waals surface area contributed by atoms with Crippen molar-refractivity contribution in [3.8, 4) is 44.8 Å². The molecule has 250 valence electrons. The van der Waals surface area contributed by atoms with E-state index in [2.05, 4.69) is 186 Å². The number of anilines is 6. The van der Waals surface area contributed by atoms with Crippen molar-refractivity contribution in [3.05, 3.63) is 200 Å². The molecule has 2 heterocycles. The second-order valence-electron chi connectivity index (χ2n) is 13.2. The zero-order valence-corrected chi connectivity index (χ0v) is 28.8. The fourth-order valence-corrected chi connectivity index (χ4v) is 7.60. The topological polar surface area (TPSA) is 32.5 Å². The molecule has 1 aliphatic rings. The first-order chi connectivity index (χ1) is 26.3. The van der Waals surface area contributed by atoms with Crippen molar-refractivity contribution >= 4 is 45.2 Å². The van der Waals surface area contributed by atoms with Crippen molar-refractivity contribution < 1.29 is 4.42 Å². The van der Waals surface area contributed by atoms with Gasteiger partial charge in [0.05, 0.1) is 22.7 Å². The number of oxazole rings is 1. The standard InChI is InChI=1S/C49H33N3O/c1-2-14-37(15-3-1)51-44-21-9-11-23-46(44)52(47-24-12-10-22-45(47)51)38-32-30-35(31-33-38)40-17-5-7-19-42(40)41-18-6-4-16-39(41)34-26-28-36(29-27-34)49-50-43-20-8-13-25-48(43)53-49/h1-33H. The predicted molar refractivity (Wildman–Crippen MR) is 219 cm³/mol. The summed E-state index contributed by atoms with van der Waals surface area (Å²) in [6, 6.07) is 70.6.